The van der Waals surface area contributed by atoms with Gasteiger partial charge in [-0.15, -0.1) is 0 Å². The van der Waals surface area contributed by atoms with Gasteiger partial charge in [0.05, 0.1) is 24.8 Å². The lowest BCUT2D eigenvalue weighted by Gasteiger charge is -2.42. The molecule has 0 N–H and O–H groups in total. The van der Waals surface area contributed by atoms with Gasteiger partial charge < -0.3 is 4.74 Å². The number of benzene rings is 1. The van der Waals surface area contributed by atoms with E-state index in [1.807, 2.05) is 7.05 Å². The fourth-order valence-corrected chi connectivity index (χ4v) is 2.98. The maximum atomic E-state index is 13.4. The monoisotopic (exact) mass is 301 g/mol. The van der Waals surface area contributed by atoms with E-state index in [1.54, 1.807) is 6.08 Å². The van der Waals surface area contributed by atoms with Gasteiger partial charge in [-0.25, -0.2) is 4.39 Å². The van der Waals surface area contributed by atoms with Crippen LogP contribution >= 0.6 is 0 Å². The molecule has 0 radical (unpaired) electrons. The number of hydrogen-bond donors (Lipinski definition) is 0. The molecule has 2 unspecified atom stereocenters. The highest BCUT2D eigenvalue weighted by Crippen LogP contribution is 2.39. The van der Waals surface area contributed by atoms with Crippen molar-refractivity contribution in [3.8, 4) is 0 Å². The number of nitrogens with zero attached hydrogens (tertiary/aromatic N) is 1. The van der Waals surface area contributed by atoms with Gasteiger partial charge in [0.25, 0.3) is 0 Å². The third kappa shape index (κ3) is 2.70. The first kappa shape index (κ1) is 14.5. The minimum atomic E-state index is -4.49. The van der Waals surface area contributed by atoms with Crippen LogP contribution in [0, 0.1) is 5.82 Å². The molecular formula is C15H15F4NO. The van der Waals surface area contributed by atoms with E-state index in [1.165, 1.54) is 0 Å². The van der Waals surface area contributed by atoms with Crippen molar-refractivity contribution in [2.45, 2.75) is 24.7 Å². The first-order valence-electron chi connectivity index (χ1n) is 6.74. The van der Waals surface area contributed by atoms with Crippen LogP contribution in [0.2, 0.25) is 0 Å². The SMILES string of the molecule is CN1C2C=C(c3cc(F)ccc3C(F)(F)F)CC1COC2. The van der Waals surface area contributed by atoms with Crippen molar-refractivity contribution in [3.05, 3.63) is 41.2 Å². The number of fused-ring (bicyclic) bond motifs is 2. The first-order valence-corrected chi connectivity index (χ1v) is 6.74. The van der Waals surface area contributed by atoms with Gasteiger partial charge in [0.15, 0.2) is 0 Å². The van der Waals surface area contributed by atoms with Crippen molar-refractivity contribution in [2.24, 2.45) is 0 Å². The zero-order chi connectivity index (χ0) is 15.2. The summed E-state index contributed by atoms with van der Waals surface area (Å²) in [5, 5.41) is 0. The molecule has 2 bridgehead atoms. The summed E-state index contributed by atoms with van der Waals surface area (Å²) in [5.74, 6) is -0.653. The highest BCUT2D eigenvalue weighted by Gasteiger charge is 2.37. The summed E-state index contributed by atoms with van der Waals surface area (Å²) in [6.07, 6.45) is -2.29. The zero-order valence-corrected chi connectivity index (χ0v) is 11.5. The molecule has 1 aromatic rings. The van der Waals surface area contributed by atoms with Gasteiger partial charge in [-0.05, 0) is 42.8 Å². The third-order valence-corrected chi connectivity index (χ3v) is 4.18. The summed E-state index contributed by atoms with van der Waals surface area (Å²) in [6, 6.07) is 2.63. The van der Waals surface area contributed by atoms with E-state index < -0.39 is 17.6 Å². The molecular weight excluding hydrogens is 286 g/mol. The second-order valence-corrected chi connectivity index (χ2v) is 5.51. The molecule has 1 saturated heterocycles. The molecule has 21 heavy (non-hydrogen) atoms. The lowest BCUT2D eigenvalue weighted by atomic mass is 9.88. The van der Waals surface area contributed by atoms with E-state index in [2.05, 4.69) is 4.90 Å². The Morgan fingerprint density at radius 1 is 1.24 bits per heavy atom. The molecule has 1 aromatic carbocycles. The minimum absolute atomic E-state index is 0.0353. The fraction of sp³-hybridized carbons (Fsp3) is 0.467. The lowest BCUT2D eigenvalue weighted by Crippen LogP contribution is -2.51. The average molecular weight is 301 g/mol. The highest BCUT2D eigenvalue weighted by atomic mass is 19.4. The summed E-state index contributed by atoms with van der Waals surface area (Å²) in [7, 11) is 1.93. The van der Waals surface area contributed by atoms with Gasteiger partial charge in [0.2, 0.25) is 0 Å². The second-order valence-electron chi connectivity index (χ2n) is 5.51. The topological polar surface area (TPSA) is 12.5 Å². The zero-order valence-electron chi connectivity index (χ0n) is 11.5. The molecule has 2 heterocycles. The second kappa shape index (κ2) is 5.10. The molecule has 0 spiro atoms. The normalized spacial score (nSPS) is 26.6. The molecule has 2 nitrogen and oxygen atoms in total. The predicted molar refractivity (Wildman–Crippen MR) is 70.2 cm³/mol. The van der Waals surface area contributed by atoms with E-state index >= 15 is 0 Å². The molecule has 0 amide bonds. The molecule has 2 aliphatic heterocycles. The Labute approximate surface area is 120 Å². The number of rotatable bonds is 1. The van der Waals surface area contributed by atoms with Crippen LogP contribution in [-0.4, -0.2) is 37.2 Å². The van der Waals surface area contributed by atoms with E-state index in [-0.39, 0.29) is 17.6 Å². The van der Waals surface area contributed by atoms with E-state index in [0.29, 0.717) is 25.2 Å². The highest BCUT2D eigenvalue weighted by molar-refractivity contribution is 5.71. The van der Waals surface area contributed by atoms with Crippen LogP contribution in [0.4, 0.5) is 17.6 Å². The summed E-state index contributed by atoms with van der Waals surface area (Å²) in [5.41, 5.74) is -0.274. The molecule has 2 aliphatic rings. The van der Waals surface area contributed by atoms with Crippen molar-refractivity contribution in [3.63, 3.8) is 0 Å². The molecule has 114 valence electrons. The van der Waals surface area contributed by atoms with Crippen molar-refractivity contribution in [2.75, 3.05) is 20.3 Å². The molecule has 3 rings (SSSR count). The Hall–Kier alpha value is -1.40. The molecule has 1 fully saturated rings. The van der Waals surface area contributed by atoms with Crippen LogP contribution in [0.25, 0.3) is 5.57 Å². The quantitative estimate of drug-likeness (QED) is 0.738. The largest absolute Gasteiger partial charge is 0.416 e. The van der Waals surface area contributed by atoms with Crippen molar-refractivity contribution in [1.29, 1.82) is 0 Å². The van der Waals surface area contributed by atoms with Crippen molar-refractivity contribution in [1.82, 2.24) is 4.90 Å². The van der Waals surface area contributed by atoms with Crippen LogP contribution < -0.4 is 0 Å². The van der Waals surface area contributed by atoms with Crippen molar-refractivity contribution < 1.29 is 22.3 Å². The summed E-state index contributed by atoms with van der Waals surface area (Å²) < 4.78 is 58.2. The molecule has 2 atom stereocenters. The Bertz CT molecular complexity index is 582. The molecule has 6 heteroatoms. The minimum Gasteiger partial charge on any atom is -0.378 e. The standard InChI is InChI=1S/C15H15F4NO/c1-20-11-4-9(5-12(20)8-21-7-11)13-6-10(16)2-3-14(13)15(17,18)19/h2-4,6,11-12H,5,7-8H2,1H3. The number of ether oxygens (including phenoxy) is 1. The van der Waals surface area contributed by atoms with Gasteiger partial charge in [-0.1, -0.05) is 6.08 Å². The van der Waals surface area contributed by atoms with Crippen LogP contribution in [0.15, 0.2) is 24.3 Å². The van der Waals surface area contributed by atoms with Crippen LogP contribution in [0.1, 0.15) is 17.5 Å². The van der Waals surface area contributed by atoms with E-state index in [9.17, 15) is 17.6 Å². The summed E-state index contributed by atoms with van der Waals surface area (Å²) >= 11 is 0. The van der Waals surface area contributed by atoms with E-state index in [0.717, 1.165) is 18.2 Å². The number of halogens is 4. The van der Waals surface area contributed by atoms with Crippen LogP contribution in [-0.2, 0) is 10.9 Å². The van der Waals surface area contributed by atoms with Gasteiger partial charge >= 0.3 is 6.18 Å². The van der Waals surface area contributed by atoms with E-state index in [4.69, 9.17) is 4.74 Å². The summed E-state index contributed by atoms with van der Waals surface area (Å²) in [4.78, 5) is 2.10. The summed E-state index contributed by atoms with van der Waals surface area (Å²) in [6.45, 7) is 0.939. The predicted octanol–water partition coefficient (Wildman–Crippen LogP) is 3.33. The molecule has 0 aliphatic carbocycles. The Morgan fingerprint density at radius 2 is 2.00 bits per heavy atom. The smallest absolute Gasteiger partial charge is 0.378 e. The maximum Gasteiger partial charge on any atom is 0.416 e. The van der Waals surface area contributed by atoms with Gasteiger partial charge in [0, 0.05) is 6.04 Å². The van der Waals surface area contributed by atoms with Crippen LogP contribution in [0.3, 0.4) is 0 Å². The molecule has 0 aromatic heterocycles. The third-order valence-electron chi connectivity index (χ3n) is 4.18. The Morgan fingerprint density at radius 3 is 2.67 bits per heavy atom. The average Bonchev–Trinajstić information content (AvgIpc) is 2.36. The fourth-order valence-electron chi connectivity index (χ4n) is 2.98. The number of morpholine rings is 1. The van der Waals surface area contributed by atoms with Gasteiger partial charge in [-0.3, -0.25) is 4.90 Å². The van der Waals surface area contributed by atoms with Crippen LogP contribution in [0.5, 0.6) is 0 Å². The van der Waals surface area contributed by atoms with Gasteiger partial charge in [0.1, 0.15) is 5.82 Å². The first-order chi connectivity index (χ1) is 9.86. The Balaban J connectivity index is 2.06. The number of hydrogen-bond acceptors (Lipinski definition) is 2. The Kier molecular flexibility index (Phi) is 3.53. The lowest BCUT2D eigenvalue weighted by molar-refractivity contribution is -0.137. The van der Waals surface area contributed by atoms with Crippen molar-refractivity contribution >= 4 is 5.57 Å². The number of likely N-dealkylation sites (N-methyl/N-ethyl adjacent to an activating group) is 1. The number of alkyl halides is 3. The maximum absolute atomic E-state index is 13.4. The molecule has 0 saturated carbocycles. The van der Waals surface area contributed by atoms with Gasteiger partial charge in [-0.2, -0.15) is 13.2 Å².